The van der Waals surface area contributed by atoms with Gasteiger partial charge in [-0.05, 0) is 43.1 Å². The van der Waals surface area contributed by atoms with Crippen LogP contribution in [0.4, 0.5) is 5.82 Å². The zero-order valence-electron chi connectivity index (χ0n) is 16.5. The summed E-state index contributed by atoms with van der Waals surface area (Å²) in [5.74, 6) is 1.48. The van der Waals surface area contributed by atoms with Crippen LogP contribution in [-0.4, -0.2) is 35.0 Å². The maximum Gasteiger partial charge on any atom is 0.130 e. The Bertz CT molecular complexity index is 894. The Hall–Kier alpha value is -2.72. The largest absolute Gasteiger partial charge is 0.373 e. The number of rotatable bonds is 6. The molecule has 1 aliphatic rings. The van der Waals surface area contributed by atoms with Crippen molar-refractivity contribution in [3.63, 3.8) is 0 Å². The number of hydrogen-bond donors (Lipinski definition) is 1. The van der Waals surface area contributed by atoms with Crippen LogP contribution >= 0.6 is 0 Å². The third kappa shape index (κ3) is 4.57. The lowest BCUT2D eigenvalue weighted by molar-refractivity contribution is 0.198. The molecule has 3 heterocycles. The van der Waals surface area contributed by atoms with Gasteiger partial charge in [-0.2, -0.15) is 0 Å². The summed E-state index contributed by atoms with van der Waals surface area (Å²) < 4.78 is 0. The summed E-state index contributed by atoms with van der Waals surface area (Å²) in [6, 6.07) is 21.3. The van der Waals surface area contributed by atoms with Gasteiger partial charge in [0, 0.05) is 55.6 Å². The molecule has 3 aromatic rings. The van der Waals surface area contributed by atoms with Crippen molar-refractivity contribution in [3.8, 4) is 0 Å². The number of likely N-dealkylation sites (tertiary alicyclic amines) is 1. The second kappa shape index (κ2) is 8.98. The minimum atomic E-state index is 0.499. The van der Waals surface area contributed by atoms with E-state index in [9.17, 15) is 0 Å². The van der Waals surface area contributed by atoms with E-state index < -0.39 is 0 Å². The van der Waals surface area contributed by atoms with Crippen molar-refractivity contribution in [1.29, 1.82) is 0 Å². The summed E-state index contributed by atoms with van der Waals surface area (Å²) in [5.41, 5.74) is 4.97. The minimum absolute atomic E-state index is 0.499. The molecule has 28 heavy (non-hydrogen) atoms. The van der Waals surface area contributed by atoms with Crippen molar-refractivity contribution in [2.24, 2.45) is 0 Å². The molecule has 1 saturated heterocycles. The SMILES string of the molecule is CNc1ncccc1CN1CCCC(c2cccc(Cc3ccccc3)n2)C1. The normalized spacial score (nSPS) is 17.4. The monoisotopic (exact) mass is 372 g/mol. The Labute approximate surface area is 167 Å². The Balaban J connectivity index is 1.45. The minimum Gasteiger partial charge on any atom is -0.373 e. The van der Waals surface area contributed by atoms with Crippen molar-refractivity contribution in [1.82, 2.24) is 14.9 Å². The van der Waals surface area contributed by atoms with Crippen LogP contribution < -0.4 is 5.32 Å². The van der Waals surface area contributed by atoms with E-state index in [-0.39, 0.29) is 0 Å². The number of nitrogens with zero attached hydrogens (tertiary/aromatic N) is 3. The Morgan fingerprint density at radius 1 is 1.04 bits per heavy atom. The number of hydrogen-bond acceptors (Lipinski definition) is 4. The fourth-order valence-corrected chi connectivity index (χ4v) is 4.10. The average molecular weight is 373 g/mol. The van der Waals surface area contributed by atoms with E-state index in [1.165, 1.54) is 29.7 Å². The van der Waals surface area contributed by atoms with E-state index in [1.54, 1.807) is 0 Å². The second-order valence-electron chi connectivity index (χ2n) is 7.55. The van der Waals surface area contributed by atoms with E-state index in [1.807, 2.05) is 19.3 Å². The summed E-state index contributed by atoms with van der Waals surface area (Å²) in [6.45, 7) is 3.13. The molecular weight excluding hydrogens is 344 g/mol. The maximum atomic E-state index is 5.02. The van der Waals surface area contributed by atoms with Crippen LogP contribution in [0, 0.1) is 0 Å². The van der Waals surface area contributed by atoms with Crippen molar-refractivity contribution in [2.75, 3.05) is 25.5 Å². The molecule has 1 N–H and O–H groups in total. The molecular formula is C24H28N4. The molecule has 2 aromatic heterocycles. The summed E-state index contributed by atoms with van der Waals surface area (Å²) in [7, 11) is 1.94. The van der Waals surface area contributed by atoms with Crippen LogP contribution in [0.3, 0.4) is 0 Å². The second-order valence-corrected chi connectivity index (χ2v) is 7.55. The molecule has 0 spiro atoms. The fourth-order valence-electron chi connectivity index (χ4n) is 4.10. The molecule has 0 radical (unpaired) electrons. The van der Waals surface area contributed by atoms with Gasteiger partial charge in [0.15, 0.2) is 0 Å². The molecule has 0 amide bonds. The number of piperidine rings is 1. The van der Waals surface area contributed by atoms with Crippen LogP contribution in [0.5, 0.6) is 0 Å². The van der Waals surface area contributed by atoms with Gasteiger partial charge in [0.1, 0.15) is 5.82 Å². The van der Waals surface area contributed by atoms with E-state index >= 15 is 0 Å². The van der Waals surface area contributed by atoms with Crippen LogP contribution in [-0.2, 0) is 13.0 Å². The van der Waals surface area contributed by atoms with E-state index in [0.29, 0.717) is 5.92 Å². The summed E-state index contributed by atoms with van der Waals surface area (Å²) in [4.78, 5) is 12.0. The van der Waals surface area contributed by atoms with Gasteiger partial charge in [0.2, 0.25) is 0 Å². The molecule has 4 rings (SSSR count). The summed E-state index contributed by atoms with van der Waals surface area (Å²) >= 11 is 0. The van der Waals surface area contributed by atoms with E-state index in [4.69, 9.17) is 4.98 Å². The third-order valence-electron chi connectivity index (χ3n) is 5.50. The van der Waals surface area contributed by atoms with Crippen LogP contribution in [0.25, 0.3) is 0 Å². The lowest BCUT2D eigenvalue weighted by Crippen LogP contribution is -2.34. The number of pyridine rings is 2. The lowest BCUT2D eigenvalue weighted by atomic mass is 9.93. The lowest BCUT2D eigenvalue weighted by Gasteiger charge is -2.33. The van der Waals surface area contributed by atoms with E-state index in [2.05, 4.69) is 69.8 Å². The quantitative estimate of drug-likeness (QED) is 0.692. The van der Waals surface area contributed by atoms with Gasteiger partial charge < -0.3 is 5.32 Å². The van der Waals surface area contributed by atoms with Gasteiger partial charge in [-0.1, -0.05) is 42.5 Å². The molecule has 1 fully saturated rings. The number of benzene rings is 1. The van der Waals surface area contributed by atoms with Gasteiger partial charge in [0.05, 0.1) is 0 Å². The van der Waals surface area contributed by atoms with E-state index in [0.717, 1.165) is 37.6 Å². The number of nitrogens with one attached hydrogen (secondary N) is 1. The van der Waals surface area contributed by atoms with Gasteiger partial charge >= 0.3 is 0 Å². The predicted octanol–water partition coefficient (Wildman–Crippen LogP) is 4.49. The fraction of sp³-hybridized carbons (Fsp3) is 0.333. The van der Waals surface area contributed by atoms with Crippen molar-refractivity contribution >= 4 is 5.82 Å². The molecule has 1 aliphatic heterocycles. The van der Waals surface area contributed by atoms with Crippen molar-refractivity contribution in [2.45, 2.75) is 31.7 Å². The molecule has 144 valence electrons. The van der Waals surface area contributed by atoms with Gasteiger partial charge in [-0.25, -0.2) is 4.98 Å². The van der Waals surface area contributed by atoms with Crippen LogP contribution in [0.15, 0.2) is 66.9 Å². The maximum absolute atomic E-state index is 5.02. The number of anilines is 1. The highest BCUT2D eigenvalue weighted by Gasteiger charge is 2.23. The van der Waals surface area contributed by atoms with Crippen LogP contribution in [0.2, 0.25) is 0 Å². The third-order valence-corrected chi connectivity index (χ3v) is 5.50. The van der Waals surface area contributed by atoms with Crippen LogP contribution in [0.1, 0.15) is 41.3 Å². The smallest absolute Gasteiger partial charge is 0.130 e. The topological polar surface area (TPSA) is 41.1 Å². The first-order chi connectivity index (χ1) is 13.8. The average Bonchev–Trinajstić information content (AvgIpc) is 2.75. The van der Waals surface area contributed by atoms with Gasteiger partial charge in [-0.3, -0.25) is 9.88 Å². The Kier molecular flexibility index (Phi) is 5.98. The first kappa shape index (κ1) is 18.6. The molecule has 4 heteroatoms. The highest BCUT2D eigenvalue weighted by atomic mass is 15.1. The molecule has 0 bridgehead atoms. The summed E-state index contributed by atoms with van der Waals surface area (Å²) in [6.07, 6.45) is 5.16. The molecule has 1 atom stereocenters. The first-order valence-corrected chi connectivity index (χ1v) is 10.2. The van der Waals surface area contributed by atoms with Crippen molar-refractivity contribution < 1.29 is 0 Å². The zero-order chi connectivity index (χ0) is 19.2. The Morgan fingerprint density at radius 3 is 2.79 bits per heavy atom. The molecule has 4 nitrogen and oxygen atoms in total. The molecule has 1 aromatic carbocycles. The van der Waals surface area contributed by atoms with Gasteiger partial charge in [0.25, 0.3) is 0 Å². The van der Waals surface area contributed by atoms with Gasteiger partial charge in [-0.15, -0.1) is 0 Å². The highest BCUT2D eigenvalue weighted by molar-refractivity contribution is 5.42. The highest BCUT2D eigenvalue weighted by Crippen LogP contribution is 2.27. The summed E-state index contributed by atoms with van der Waals surface area (Å²) in [5, 5.41) is 3.21. The Morgan fingerprint density at radius 2 is 1.93 bits per heavy atom. The van der Waals surface area contributed by atoms with Crippen molar-refractivity contribution in [3.05, 3.63) is 89.4 Å². The first-order valence-electron chi connectivity index (χ1n) is 10.2. The number of aromatic nitrogens is 2. The zero-order valence-corrected chi connectivity index (χ0v) is 16.5. The molecule has 0 saturated carbocycles. The molecule has 1 unspecified atom stereocenters. The standard InChI is InChI=1S/C24H28N4/c1-25-24-21(10-6-14-26-24)18-28-15-7-11-20(17-28)23-13-5-12-22(27-23)16-19-8-3-2-4-9-19/h2-6,8-10,12-14,20H,7,11,15-18H2,1H3,(H,25,26). The molecule has 0 aliphatic carbocycles. The predicted molar refractivity (Wildman–Crippen MR) is 115 cm³/mol.